The Hall–Kier alpha value is -3.12. The molecule has 3 rings (SSSR count). The van der Waals surface area contributed by atoms with Gasteiger partial charge in [0.05, 0.1) is 25.1 Å². The number of anilines is 1. The van der Waals surface area contributed by atoms with Crippen molar-refractivity contribution >= 4 is 23.5 Å². The Morgan fingerprint density at radius 2 is 1.93 bits per heavy atom. The van der Waals surface area contributed by atoms with Crippen LogP contribution in [0.4, 0.5) is 5.95 Å². The summed E-state index contributed by atoms with van der Waals surface area (Å²) in [4.78, 5) is 21.6. The fourth-order valence-electron chi connectivity index (χ4n) is 3.16. The summed E-state index contributed by atoms with van der Waals surface area (Å²) >= 11 is 6.16. The molecule has 1 N–H and O–H groups in total. The summed E-state index contributed by atoms with van der Waals surface area (Å²) in [6.07, 6.45) is 0.735. The van der Waals surface area contributed by atoms with Crippen molar-refractivity contribution in [3.05, 3.63) is 70.4 Å². The molecule has 2 aromatic carbocycles. The Labute approximate surface area is 181 Å². The van der Waals surface area contributed by atoms with Crippen LogP contribution in [-0.2, 0) is 11.2 Å². The van der Waals surface area contributed by atoms with E-state index < -0.39 is 5.97 Å². The molecule has 156 valence electrons. The van der Waals surface area contributed by atoms with Crippen LogP contribution >= 0.6 is 11.6 Å². The molecule has 0 atom stereocenters. The van der Waals surface area contributed by atoms with Gasteiger partial charge in [-0.25, -0.2) is 14.8 Å². The number of aromatic nitrogens is 2. The van der Waals surface area contributed by atoms with Crippen LogP contribution in [0.25, 0.3) is 11.3 Å². The highest BCUT2D eigenvalue weighted by atomic mass is 35.5. The highest BCUT2D eigenvalue weighted by Gasteiger charge is 2.21. The van der Waals surface area contributed by atoms with E-state index in [4.69, 9.17) is 21.1 Å². The van der Waals surface area contributed by atoms with Crippen LogP contribution in [0.15, 0.2) is 48.5 Å². The number of rotatable bonds is 8. The van der Waals surface area contributed by atoms with Crippen LogP contribution < -0.4 is 10.1 Å². The number of nitrogens with zero attached hydrogens (tertiary/aromatic N) is 2. The number of hydrogen-bond donors (Lipinski definition) is 1. The number of methoxy groups -OCH3 is 1. The van der Waals surface area contributed by atoms with Crippen molar-refractivity contribution in [1.29, 1.82) is 0 Å². The molecule has 0 aliphatic carbocycles. The first-order valence-electron chi connectivity index (χ1n) is 9.71. The number of aryl methyl sites for hydroxylation is 1. The molecule has 1 aromatic heterocycles. The molecule has 0 bridgehead atoms. The van der Waals surface area contributed by atoms with Gasteiger partial charge in [-0.1, -0.05) is 41.9 Å². The standard InChI is InChI=1S/C23H24ClN3O3/c1-4-30-22(28)20-15(2)26-23(27-21(20)17-9-7-10-18(24)14-17)25-13-12-16-8-5-6-11-19(16)29-3/h5-11,14H,4,12-13H2,1-3H3,(H,25,26,27). The number of benzene rings is 2. The van der Waals surface area contributed by atoms with Gasteiger partial charge < -0.3 is 14.8 Å². The molecule has 0 radical (unpaired) electrons. The molecule has 0 aliphatic rings. The van der Waals surface area contributed by atoms with E-state index in [-0.39, 0.29) is 6.61 Å². The van der Waals surface area contributed by atoms with E-state index >= 15 is 0 Å². The van der Waals surface area contributed by atoms with Crippen LogP contribution in [0.5, 0.6) is 5.75 Å². The monoisotopic (exact) mass is 425 g/mol. The number of carbonyl (C=O) groups excluding carboxylic acids is 1. The topological polar surface area (TPSA) is 73.3 Å². The lowest BCUT2D eigenvalue weighted by atomic mass is 10.0. The molecular formula is C23H24ClN3O3. The molecular weight excluding hydrogens is 402 g/mol. The largest absolute Gasteiger partial charge is 0.496 e. The van der Waals surface area contributed by atoms with Crippen molar-refractivity contribution < 1.29 is 14.3 Å². The number of nitrogens with one attached hydrogen (secondary N) is 1. The Balaban J connectivity index is 1.89. The highest BCUT2D eigenvalue weighted by Crippen LogP contribution is 2.28. The predicted molar refractivity (Wildman–Crippen MR) is 118 cm³/mol. The van der Waals surface area contributed by atoms with Gasteiger partial charge in [0.25, 0.3) is 0 Å². The molecule has 30 heavy (non-hydrogen) atoms. The second kappa shape index (κ2) is 10.1. The fraction of sp³-hybridized carbons (Fsp3) is 0.261. The molecule has 1 heterocycles. The van der Waals surface area contributed by atoms with Crippen LogP contribution in [-0.4, -0.2) is 36.2 Å². The third-order valence-corrected chi connectivity index (χ3v) is 4.77. The minimum Gasteiger partial charge on any atom is -0.496 e. The summed E-state index contributed by atoms with van der Waals surface area (Å²) in [7, 11) is 1.66. The van der Waals surface area contributed by atoms with Crippen LogP contribution in [0, 0.1) is 6.92 Å². The number of para-hydroxylation sites is 1. The Morgan fingerprint density at radius 3 is 2.67 bits per heavy atom. The quantitative estimate of drug-likeness (QED) is 0.515. The smallest absolute Gasteiger partial charge is 0.342 e. The summed E-state index contributed by atoms with van der Waals surface area (Å²) in [5, 5.41) is 3.80. The second-order valence-corrected chi connectivity index (χ2v) is 7.01. The molecule has 3 aromatic rings. The summed E-state index contributed by atoms with van der Waals surface area (Å²) in [6.45, 7) is 4.41. The molecule has 0 spiro atoms. The molecule has 7 heteroatoms. The Kier molecular flexibility index (Phi) is 7.25. The first kappa shape index (κ1) is 21.6. The zero-order valence-electron chi connectivity index (χ0n) is 17.2. The lowest BCUT2D eigenvalue weighted by Crippen LogP contribution is -2.15. The predicted octanol–water partition coefficient (Wildman–Crippen LogP) is 4.95. The molecule has 0 amide bonds. The minimum absolute atomic E-state index is 0.270. The summed E-state index contributed by atoms with van der Waals surface area (Å²) < 4.78 is 10.6. The van der Waals surface area contributed by atoms with Gasteiger partial charge in [0.1, 0.15) is 11.3 Å². The SMILES string of the molecule is CCOC(=O)c1c(C)nc(NCCc2ccccc2OC)nc1-c1cccc(Cl)c1. The van der Waals surface area contributed by atoms with Crippen molar-refractivity contribution in [3.63, 3.8) is 0 Å². The molecule has 0 unspecified atom stereocenters. The van der Waals surface area contributed by atoms with Crippen LogP contribution in [0.1, 0.15) is 28.5 Å². The zero-order chi connectivity index (χ0) is 21.5. The summed E-state index contributed by atoms with van der Waals surface area (Å²) in [5.74, 6) is 0.824. The maximum absolute atomic E-state index is 12.6. The van der Waals surface area contributed by atoms with Crippen LogP contribution in [0.3, 0.4) is 0 Å². The number of halogens is 1. The number of hydrogen-bond acceptors (Lipinski definition) is 6. The van der Waals surface area contributed by atoms with Gasteiger partial charge in [-0.15, -0.1) is 0 Å². The average Bonchev–Trinajstić information content (AvgIpc) is 2.73. The van der Waals surface area contributed by atoms with Crippen molar-refractivity contribution in [2.45, 2.75) is 20.3 Å². The third kappa shape index (κ3) is 5.07. The van der Waals surface area contributed by atoms with Gasteiger partial charge in [-0.05, 0) is 44.0 Å². The van der Waals surface area contributed by atoms with Crippen molar-refractivity contribution in [2.24, 2.45) is 0 Å². The van der Waals surface area contributed by atoms with E-state index in [1.54, 1.807) is 33.1 Å². The van der Waals surface area contributed by atoms with Gasteiger partial charge in [0.15, 0.2) is 0 Å². The van der Waals surface area contributed by atoms with Gasteiger partial charge in [0.2, 0.25) is 5.95 Å². The van der Waals surface area contributed by atoms with Crippen LogP contribution in [0.2, 0.25) is 5.02 Å². The summed E-state index contributed by atoms with van der Waals surface area (Å²) in [5.41, 5.74) is 3.18. The number of ether oxygens (including phenoxy) is 2. The minimum atomic E-state index is -0.453. The lowest BCUT2D eigenvalue weighted by molar-refractivity contribution is 0.0525. The first-order chi connectivity index (χ1) is 14.5. The number of carbonyl (C=O) groups is 1. The second-order valence-electron chi connectivity index (χ2n) is 6.58. The van der Waals surface area contributed by atoms with Gasteiger partial charge >= 0.3 is 5.97 Å². The first-order valence-corrected chi connectivity index (χ1v) is 10.1. The molecule has 0 saturated heterocycles. The van der Waals surface area contributed by atoms with E-state index in [0.717, 1.165) is 23.3 Å². The van der Waals surface area contributed by atoms with Gasteiger partial charge in [-0.2, -0.15) is 0 Å². The maximum Gasteiger partial charge on any atom is 0.342 e. The number of esters is 1. The Morgan fingerprint density at radius 1 is 1.13 bits per heavy atom. The maximum atomic E-state index is 12.6. The van der Waals surface area contributed by atoms with E-state index in [2.05, 4.69) is 15.3 Å². The molecule has 0 fully saturated rings. The zero-order valence-corrected chi connectivity index (χ0v) is 18.0. The molecule has 0 saturated carbocycles. The molecule has 0 aliphatic heterocycles. The summed E-state index contributed by atoms with van der Waals surface area (Å²) in [6, 6.07) is 15.1. The van der Waals surface area contributed by atoms with E-state index in [1.807, 2.05) is 36.4 Å². The highest BCUT2D eigenvalue weighted by molar-refractivity contribution is 6.30. The average molecular weight is 426 g/mol. The fourth-order valence-corrected chi connectivity index (χ4v) is 3.35. The van der Waals surface area contributed by atoms with E-state index in [9.17, 15) is 4.79 Å². The Bertz CT molecular complexity index is 1040. The van der Waals surface area contributed by atoms with Crippen molar-refractivity contribution in [3.8, 4) is 17.0 Å². The van der Waals surface area contributed by atoms with Gasteiger partial charge in [0, 0.05) is 17.1 Å². The van der Waals surface area contributed by atoms with Gasteiger partial charge in [-0.3, -0.25) is 0 Å². The lowest BCUT2D eigenvalue weighted by Gasteiger charge is -2.14. The van der Waals surface area contributed by atoms with Crippen molar-refractivity contribution in [1.82, 2.24) is 9.97 Å². The normalized spacial score (nSPS) is 10.5. The van der Waals surface area contributed by atoms with E-state index in [1.165, 1.54) is 0 Å². The molecule has 6 nitrogen and oxygen atoms in total. The van der Waals surface area contributed by atoms with Crippen molar-refractivity contribution in [2.75, 3.05) is 25.6 Å². The van der Waals surface area contributed by atoms with E-state index in [0.29, 0.717) is 34.5 Å². The third-order valence-electron chi connectivity index (χ3n) is 4.54.